The van der Waals surface area contributed by atoms with Gasteiger partial charge in [0, 0.05) is 6.42 Å². The van der Waals surface area contributed by atoms with Gasteiger partial charge in [0.25, 0.3) is 0 Å². The van der Waals surface area contributed by atoms with Crippen molar-refractivity contribution in [2.75, 3.05) is 13.2 Å². The zero-order valence-corrected chi connectivity index (χ0v) is 10.6. The molecule has 1 fully saturated rings. The molecule has 5 nitrogen and oxygen atoms in total. The van der Waals surface area contributed by atoms with Gasteiger partial charge >= 0.3 is 0 Å². The highest BCUT2D eigenvalue weighted by atomic mass is 16.7. The van der Waals surface area contributed by atoms with Crippen LogP contribution in [0.2, 0.25) is 0 Å². The molecule has 0 unspecified atom stereocenters. The summed E-state index contributed by atoms with van der Waals surface area (Å²) in [7, 11) is 0. The third-order valence-electron chi connectivity index (χ3n) is 3.04. The van der Waals surface area contributed by atoms with Crippen molar-refractivity contribution in [3.8, 4) is 0 Å². The van der Waals surface area contributed by atoms with E-state index in [0.29, 0.717) is 5.57 Å². The molecule has 17 heavy (non-hydrogen) atoms. The second-order valence-electron chi connectivity index (χ2n) is 5.06. The Morgan fingerprint density at radius 3 is 2.53 bits per heavy atom. The fourth-order valence-electron chi connectivity index (χ4n) is 1.93. The Hall–Kier alpha value is -0.460. The van der Waals surface area contributed by atoms with E-state index in [0.717, 1.165) is 0 Å². The number of ether oxygens (including phenoxy) is 2. The van der Waals surface area contributed by atoms with E-state index in [9.17, 15) is 10.2 Å². The molecule has 0 saturated carbocycles. The molecule has 0 aromatic heterocycles. The Bertz CT molecular complexity index is 289. The summed E-state index contributed by atoms with van der Waals surface area (Å²) in [6.45, 7) is 8.73. The molecule has 1 saturated heterocycles. The second kappa shape index (κ2) is 5.04. The van der Waals surface area contributed by atoms with E-state index in [1.807, 2.05) is 0 Å². The largest absolute Gasteiger partial charge is 0.394 e. The minimum atomic E-state index is -1.39. The lowest BCUT2D eigenvalue weighted by Crippen LogP contribution is -2.48. The second-order valence-corrected chi connectivity index (χ2v) is 5.06. The summed E-state index contributed by atoms with van der Waals surface area (Å²) >= 11 is 0. The highest BCUT2D eigenvalue weighted by Gasteiger charge is 2.47. The molecule has 0 aromatic rings. The summed E-state index contributed by atoms with van der Waals surface area (Å²) in [5.74, 6) is -0.752. The van der Waals surface area contributed by atoms with E-state index >= 15 is 0 Å². The first-order chi connectivity index (χ1) is 7.71. The SMILES string of the molecule is C=C(C)[C@](O)(C[C@H](O)CO)[C@H]1COC(C)(C)O1. The van der Waals surface area contributed by atoms with Crippen molar-refractivity contribution < 1.29 is 24.8 Å². The maximum absolute atomic E-state index is 10.5. The molecule has 0 aromatic carbocycles. The van der Waals surface area contributed by atoms with Crippen molar-refractivity contribution in [1.82, 2.24) is 0 Å². The van der Waals surface area contributed by atoms with Crippen LogP contribution in [-0.4, -0.2) is 52.1 Å². The molecule has 0 radical (unpaired) electrons. The molecular formula is C12H22O5. The highest BCUT2D eigenvalue weighted by molar-refractivity contribution is 5.15. The van der Waals surface area contributed by atoms with Gasteiger partial charge in [-0.05, 0) is 26.3 Å². The van der Waals surface area contributed by atoms with Gasteiger partial charge in [0.1, 0.15) is 11.7 Å². The van der Waals surface area contributed by atoms with Gasteiger partial charge in [0.15, 0.2) is 5.79 Å². The molecule has 3 N–H and O–H groups in total. The number of aliphatic hydroxyl groups is 3. The minimum Gasteiger partial charge on any atom is -0.394 e. The summed E-state index contributed by atoms with van der Waals surface area (Å²) in [4.78, 5) is 0. The first-order valence-corrected chi connectivity index (χ1v) is 5.70. The molecule has 0 amide bonds. The van der Waals surface area contributed by atoms with Gasteiger partial charge in [-0.15, -0.1) is 0 Å². The molecule has 5 heteroatoms. The van der Waals surface area contributed by atoms with Crippen LogP contribution in [0.4, 0.5) is 0 Å². The van der Waals surface area contributed by atoms with Gasteiger partial charge in [-0.3, -0.25) is 0 Å². The minimum absolute atomic E-state index is 0.0249. The lowest BCUT2D eigenvalue weighted by Gasteiger charge is -2.35. The van der Waals surface area contributed by atoms with E-state index in [2.05, 4.69) is 6.58 Å². The van der Waals surface area contributed by atoms with Gasteiger partial charge in [-0.25, -0.2) is 0 Å². The first-order valence-electron chi connectivity index (χ1n) is 5.70. The summed E-state index contributed by atoms with van der Waals surface area (Å²) in [5, 5.41) is 28.9. The predicted molar refractivity (Wildman–Crippen MR) is 62.4 cm³/mol. The van der Waals surface area contributed by atoms with Crippen molar-refractivity contribution in [2.45, 2.75) is 50.8 Å². The molecule has 3 atom stereocenters. The van der Waals surface area contributed by atoms with E-state index < -0.39 is 30.2 Å². The average Bonchev–Trinajstić information content (AvgIpc) is 2.58. The van der Waals surface area contributed by atoms with E-state index in [4.69, 9.17) is 14.6 Å². The molecule has 0 spiro atoms. The summed E-state index contributed by atoms with van der Waals surface area (Å²) in [6.07, 6.45) is -1.62. The molecule has 100 valence electrons. The maximum Gasteiger partial charge on any atom is 0.163 e. The normalized spacial score (nSPS) is 28.7. The van der Waals surface area contributed by atoms with Crippen LogP contribution in [0.5, 0.6) is 0 Å². The molecule has 1 heterocycles. The van der Waals surface area contributed by atoms with Gasteiger partial charge in [0.05, 0.1) is 19.3 Å². The van der Waals surface area contributed by atoms with Crippen LogP contribution < -0.4 is 0 Å². The van der Waals surface area contributed by atoms with Crippen LogP contribution in [0.15, 0.2) is 12.2 Å². The van der Waals surface area contributed by atoms with Gasteiger partial charge in [0.2, 0.25) is 0 Å². The number of aliphatic hydroxyl groups excluding tert-OH is 2. The van der Waals surface area contributed by atoms with Crippen molar-refractivity contribution in [2.24, 2.45) is 0 Å². The van der Waals surface area contributed by atoms with Crippen molar-refractivity contribution >= 4 is 0 Å². The lowest BCUT2D eigenvalue weighted by molar-refractivity contribution is -0.168. The Morgan fingerprint density at radius 2 is 2.18 bits per heavy atom. The van der Waals surface area contributed by atoms with Crippen LogP contribution >= 0.6 is 0 Å². The number of hydrogen-bond acceptors (Lipinski definition) is 5. The van der Waals surface area contributed by atoms with Crippen LogP contribution in [0.25, 0.3) is 0 Å². The molecular weight excluding hydrogens is 224 g/mol. The Balaban J connectivity index is 2.82. The quantitative estimate of drug-likeness (QED) is 0.603. The predicted octanol–water partition coefficient (Wildman–Crippen LogP) is 0.188. The maximum atomic E-state index is 10.5. The lowest BCUT2D eigenvalue weighted by atomic mass is 9.84. The monoisotopic (exact) mass is 246 g/mol. The average molecular weight is 246 g/mol. The zero-order chi connectivity index (χ0) is 13.3. The van der Waals surface area contributed by atoms with E-state index in [1.54, 1.807) is 20.8 Å². The zero-order valence-electron chi connectivity index (χ0n) is 10.6. The molecule has 1 rings (SSSR count). The van der Waals surface area contributed by atoms with Crippen molar-refractivity contribution in [3.05, 3.63) is 12.2 Å². The van der Waals surface area contributed by atoms with Gasteiger partial charge in [-0.1, -0.05) is 6.58 Å². The van der Waals surface area contributed by atoms with E-state index in [-0.39, 0.29) is 13.0 Å². The fourth-order valence-corrected chi connectivity index (χ4v) is 1.93. The van der Waals surface area contributed by atoms with Crippen molar-refractivity contribution in [1.29, 1.82) is 0 Å². The fraction of sp³-hybridized carbons (Fsp3) is 0.833. The van der Waals surface area contributed by atoms with E-state index in [1.165, 1.54) is 0 Å². The van der Waals surface area contributed by atoms with Crippen molar-refractivity contribution in [3.63, 3.8) is 0 Å². The third kappa shape index (κ3) is 3.26. The molecule has 1 aliphatic heterocycles. The number of hydrogen-bond donors (Lipinski definition) is 3. The smallest absolute Gasteiger partial charge is 0.163 e. The van der Waals surface area contributed by atoms with Crippen LogP contribution in [0, 0.1) is 0 Å². The first kappa shape index (κ1) is 14.6. The van der Waals surface area contributed by atoms with Gasteiger partial charge in [-0.2, -0.15) is 0 Å². The third-order valence-corrected chi connectivity index (χ3v) is 3.04. The van der Waals surface area contributed by atoms with Crippen LogP contribution in [0.1, 0.15) is 27.2 Å². The summed E-state index contributed by atoms with van der Waals surface area (Å²) < 4.78 is 11.0. The topological polar surface area (TPSA) is 79.2 Å². The summed E-state index contributed by atoms with van der Waals surface area (Å²) in [5.41, 5.74) is -0.910. The molecule has 1 aliphatic rings. The molecule has 0 aliphatic carbocycles. The Labute approximate surface area is 102 Å². The highest BCUT2D eigenvalue weighted by Crippen LogP contribution is 2.35. The van der Waals surface area contributed by atoms with Crippen LogP contribution in [-0.2, 0) is 9.47 Å². The standard InChI is InChI=1S/C12H22O5/c1-8(2)12(15,5-9(14)6-13)10-7-16-11(3,4)17-10/h9-10,13-15H,1,5-7H2,2-4H3/t9-,10+,12+/m0/s1. The summed E-state index contributed by atoms with van der Waals surface area (Å²) in [6, 6.07) is 0. The molecule has 0 bridgehead atoms. The number of rotatable bonds is 5. The van der Waals surface area contributed by atoms with Crippen LogP contribution in [0.3, 0.4) is 0 Å². The van der Waals surface area contributed by atoms with Gasteiger partial charge < -0.3 is 24.8 Å². The Morgan fingerprint density at radius 1 is 1.59 bits per heavy atom. The Kier molecular flexibility index (Phi) is 4.33.